The van der Waals surface area contributed by atoms with Crippen LogP contribution in [0.4, 0.5) is 4.79 Å². The molecule has 1 aromatic carbocycles. The van der Waals surface area contributed by atoms with E-state index in [1.54, 1.807) is 0 Å². The molecule has 2 atom stereocenters. The maximum absolute atomic E-state index is 11.9. The summed E-state index contributed by atoms with van der Waals surface area (Å²) in [4.78, 5) is 13.3. The molecule has 5 heteroatoms. The number of hydrogen-bond donors (Lipinski definition) is 3. The molecule has 0 aliphatic rings. The maximum Gasteiger partial charge on any atom is 0.408 e. The number of carboxylic acid groups (broad SMARTS) is 1. The van der Waals surface area contributed by atoms with Gasteiger partial charge >= 0.3 is 6.09 Å². The van der Waals surface area contributed by atoms with Crippen molar-refractivity contribution in [2.45, 2.75) is 77.5 Å². The van der Waals surface area contributed by atoms with Gasteiger partial charge in [-0.3, -0.25) is 4.90 Å². The van der Waals surface area contributed by atoms with Gasteiger partial charge in [0.05, 0.1) is 12.1 Å². The summed E-state index contributed by atoms with van der Waals surface area (Å²) >= 11 is 0. The zero-order valence-electron chi connectivity index (χ0n) is 16.7. The van der Waals surface area contributed by atoms with Crippen molar-refractivity contribution in [1.82, 2.24) is 10.2 Å². The lowest BCUT2D eigenvalue weighted by Gasteiger charge is -2.42. The summed E-state index contributed by atoms with van der Waals surface area (Å²) in [6.07, 6.45) is 3.39. The van der Waals surface area contributed by atoms with E-state index in [0.29, 0.717) is 13.0 Å². The number of amides is 1. The Labute approximate surface area is 158 Å². The van der Waals surface area contributed by atoms with Gasteiger partial charge in [0.2, 0.25) is 0 Å². The molecule has 0 saturated heterocycles. The van der Waals surface area contributed by atoms with Crippen LogP contribution < -0.4 is 5.32 Å². The first-order valence-corrected chi connectivity index (χ1v) is 9.72. The highest BCUT2D eigenvalue weighted by atomic mass is 16.4. The van der Waals surface area contributed by atoms with Crippen LogP contribution in [0.1, 0.15) is 58.9 Å². The topological polar surface area (TPSA) is 72.8 Å². The number of nitrogens with one attached hydrogen (secondary N) is 1. The number of carbonyl (C=O) groups is 1. The highest BCUT2D eigenvalue weighted by molar-refractivity contribution is 5.66. The average molecular weight is 365 g/mol. The molecular formula is C21H36N2O3. The SMILES string of the molecule is CCCCCCNC[C@H](O)[C@H](Cc1ccccc1)N(C(=O)O)C(C)(C)C. The van der Waals surface area contributed by atoms with Gasteiger partial charge in [-0.2, -0.15) is 0 Å². The number of aliphatic hydroxyl groups is 1. The Morgan fingerprint density at radius 1 is 1.15 bits per heavy atom. The van der Waals surface area contributed by atoms with Crippen LogP contribution in [-0.2, 0) is 6.42 Å². The highest BCUT2D eigenvalue weighted by Gasteiger charge is 2.37. The van der Waals surface area contributed by atoms with Gasteiger partial charge in [0.1, 0.15) is 0 Å². The second kappa shape index (κ2) is 11.2. The van der Waals surface area contributed by atoms with Gasteiger partial charge in [0.15, 0.2) is 0 Å². The fourth-order valence-corrected chi connectivity index (χ4v) is 3.24. The summed E-state index contributed by atoms with van der Waals surface area (Å²) in [5.41, 5.74) is 0.433. The summed E-state index contributed by atoms with van der Waals surface area (Å²) in [5.74, 6) is 0. The Hall–Kier alpha value is -1.59. The Morgan fingerprint density at radius 3 is 2.35 bits per heavy atom. The van der Waals surface area contributed by atoms with Crippen LogP contribution in [-0.4, -0.2) is 52.0 Å². The van der Waals surface area contributed by atoms with Crippen molar-refractivity contribution in [3.63, 3.8) is 0 Å². The van der Waals surface area contributed by atoms with Crippen molar-refractivity contribution in [2.24, 2.45) is 0 Å². The molecule has 0 spiro atoms. The molecule has 1 amide bonds. The minimum atomic E-state index is -1.000. The van der Waals surface area contributed by atoms with E-state index in [1.165, 1.54) is 24.2 Å². The molecule has 0 bridgehead atoms. The van der Waals surface area contributed by atoms with E-state index in [9.17, 15) is 15.0 Å². The van der Waals surface area contributed by atoms with Crippen LogP contribution >= 0.6 is 0 Å². The van der Waals surface area contributed by atoms with E-state index in [0.717, 1.165) is 18.5 Å². The number of benzene rings is 1. The van der Waals surface area contributed by atoms with E-state index in [-0.39, 0.29) is 0 Å². The second-order valence-corrected chi connectivity index (χ2v) is 7.91. The van der Waals surface area contributed by atoms with Gasteiger partial charge in [-0.05, 0) is 45.7 Å². The van der Waals surface area contributed by atoms with Crippen LogP contribution in [0, 0.1) is 0 Å². The van der Waals surface area contributed by atoms with Crippen molar-refractivity contribution in [2.75, 3.05) is 13.1 Å². The maximum atomic E-state index is 11.9. The number of rotatable bonds is 11. The average Bonchev–Trinajstić information content (AvgIpc) is 2.56. The summed E-state index contributed by atoms with van der Waals surface area (Å²) < 4.78 is 0. The molecule has 148 valence electrons. The molecule has 0 fully saturated rings. The molecule has 0 aromatic heterocycles. The van der Waals surface area contributed by atoms with Crippen molar-refractivity contribution in [1.29, 1.82) is 0 Å². The lowest BCUT2D eigenvalue weighted by molar-refractivity contribution is 0.00786. The number of aliphatic hydroxyl groups excluding tert-OH is 1. The largest absolute Gasteiger partial charge is 0.465 e. The van der Waals surface area contributed by atoms with Gasteiger partial charge in [-0.1, -0.05) is 56.5 Å². The predicted molar refractivity (Wildman–Crippen MR) is 107 cm³/mol. The van der Waals surface area contributed by atoms with Gasteiger partial charge < -0.3 is 15.5 Å². The van der Waals surface area contributed by atoms with Crippen molar-refractivity contribution < 1.29 is 15.0 Å². The van der Waals surface area contributed by atoms with E-state index in [4.69, 9.17) is 0 Å². The molecule has 0 heterocycles. The third kappa shape index (κ3) is 7.75. The van der Waals surface area contributed by atoms with Gasteiger partial charge in [0.25, 0.3) is 0 Å². The normalized spacial score (nSPS) is 14.0. The summed E-state index contributed by atoms with van der Waals surface area (Å²) in [6.45, 7) is 9.01. The van der Waals surface area contributed by atoms with E-state index in [2.05, 4.69) is 12.2 Å². The van der Waals surface area contributed by atoms with Crippen LogP contribution in [0.3, 0.4) is 0 Å². The van der Waals surface area contributed by atoms with Crippen molar-refractivity contribution in [3.05, 3.63) is 35.9 Å². The van der Waals surface area contributed by atoms with E-state index < -0.39 is 23.8 Å². The molecule has 3 N–H and O–H groups in total. The molecule has 0 aliphatic heterocycles. The Balaban J connectivity index is 2.80. The molecule has 0 saturated carbocycles. The fraction of sp³-hybridized carbons (Fsp3) is 0.667. The summed E-state index contributed by atoms with van der Waals surface area (Å²) in [5, 5.41) is 23.8. The third-order valence-corrected chi connectivity index (χ3v) is 4.55. The quantitative estimate of drug-likeness (QED) is 0.521. The first kappa shape index (κ1) is 22.5. The smallest absolute Gasteiger partial charge is 0.408 e. The van der Waals surface area contributed by atoms with E-state index in [1.807, 2.05) is 51.1 Å². The molecule has 0 unspecified atom stereocenters. The summed E-state index contributed by atoms with van der Waals surface area (Å²) in [7, 11) is 0. The zero-order chi connectivity index (χ0) is 19.6. The molecule has 0 radical (unpaired) electrons. The first-order valence-electron chi connectivity index (χ1n) is 9.72. The van der Waals surface area contributed by atoms with E-state index >= 15 is 0 Å². The Bertz CT molecular complexity index is 514. The number of hydrogen-bond acceptors (Lipinski definition) is 3. The minimum absolute atomic E-state index is 0.392. The monoisotopic (exact) mass is 364 g/mol. The van der Waals surface area contributed by atoms with Crippen molar-refractivity contribution in [3.8, 4) is 0 Å². The van der Waals surface area contributed by atoms with Gasteiger partial charge in [-0.15, -0.1) is 0 Å². The first-order chi connectivity index (χ1) is 12.3. The van der Waals surface area contributed by atoms with Gasteiger partial charge in [-0.25, -0.2) is 4.79 Å². The minimum Gasteiger partial charge on any atom is -0.465 e. The standard InChI is InChI=1S/C21H36N2O3/c1-5-6-7-11-14-22-16-19(24)18(15-17-12-9-8-10-13-17)23(20(25)26)21(2,3)4/h8-10,12-13,18-19,22,24H,5-7,11,14-16H2,1-4H3,(H,25,26)/t18-,19-/m0/s1. The summed E-state index contributed by atoms with van der Waals surface area (Å²) in [6, 6.07) is 9.25. The third-order valence-electron chi connectivity index (χ3n) is 4.55. The Kier molecular flexibility index (Phi) is 9.66. The molecular weight excluding hydrogens is 328 g/mol. The molecule has 1 rings (SSSR count). The molecule has 5 nitrogen and oxygen atoms in total. The number of unbranched alkanes of at least 4 members (excludes halogenated alkanes) is 3. The second-order valence-electron chi connectivity index (χ2n) is 7.91. The lowest BCUT2D eigenvalue weighted by Crippen LogP contribution is -2.58. The molecule has 26 heavy (non-hydrogen) atoms. The highest BCUT2D eigenvalue weighted by Crippen LogP contribution is 2.22. The molecule has 0 aliphatic carbocycles. The number of nitrogens with zero attached hydrogens (tertiary/aromatic N) is 1. The molecule has 1 aromatic rings. The fourth-order valence-electron chi connectivity index (χ4n) is 3.24. The van der Waals surface area contributed by atoms with Crippen LogP contribution in [0.25, 0.3) is 0 Å². The van der Waals surface area contributed by atoms with Crippen LogP contribution in [0.15, 0.2) is 30.3 Å². The van der Waals surface area contributed by atoms with Gasteiger partial charge in [0, 0.05) is 12.1 Å². The predicted octanol–water partition coefficient (Wildman–Crippen LogP) is 3.91. The van der Waals surface area contributed by atoms with Crippen LogP contribution in [0.2, 0.25) is 0 Å². The van der Waals surface area contributed by atoms with Crippen LogP contribution in [0.5, 0.6) is 0 Å². The Morgan fingerprint density at radius 2 is 1.81 bits per heavy atom. The zero-order valence-corrected chi connectivity index (χ0v) is 16.7. The van der Waals surface area contributed by atoms with Crippen molar-refractivity contribution >= 4 is 6.09 Å². The lowest BCUT2D eigenvalue weighted by atomic mass is 9.94.